The Hall–Kier alpha value is -4.72. The van der Waals surface area contributed by atoms with Crippen LogP contribution in [0.3, 0.4) is 0 Å². The fraction of sp³-hybridized carbons (Fsp3) is 0.133. The topological polar surface area (TPSA) is 160 Å². The highest BCUT2D eigenvalue weighted by Crippen LogP contribution is 2.42. The molecule has 1 saturated heterocycles. The van der Waals surface area contributed by atoms with E-state index >= 15 is 0 Å². The molecule has 2 aliphatic rings. The van der Waals surface area contributed by atoms with Crippen LogP contribution in [-0.4, -0.2) is 60.0 Å². The van der Waals surface area contributed by atoms with Crippen molar-refractivity contribution < 1.29 is 24.3 Å². The Morgan fingerprint density at radius 1 is 1.00 bits per heavy atom. The molecule has 222 valence electrons. The van der Waals surface area contributed by atoms with E-state index in [4.69, 9.17) is 22.2 Å². The van der Waals surface area contributed by atoms with Gasteiger partial charge in [-0.15, -0.1) is 11.8 Å². The van der Waals surface area contributed by atoms with Crippen LogP contribution in [-0.2, 0) is 24.8 Å². The van der Waals surface area contributed by atoms with E-state index in [-0.39, 0.29) is 33.1 Å². The van der Waals surface area contributed by atoms with Gasteiger partial charge in [-0.25, -0.2) is 4.79 Å². The number of β-lactam (4-membered cyclic amide) rings is 1. The maximum atomic E-state index is 13.8. The number of fused-ring (bicyclic) bond motifs is 1. The number of nitrogens with zero attached hydrogens (tertiary/aromatic N) is 4. The number of carboxylic acid groups (broad SMARTS) is 1. The summed E-state index contributed by atoms with van der Waals surface area (Å²) in [6, 6.07) is 27.2. The third-order valence-corrected chi connectivity index (χ3v) is 9.39. The zero-order valence-corrected chi connectivity index (χ0v) is 25.1. The Labute approximate surface area is 264 Å². The Kier molecular flexibility index (Phi) is 8.08. The molecule has 44 heavy (non-hydrogen) atoms. The molecule has 6 rings (SSSR count). The van der Waals surface area contributed by atoms with E-state index < -0.39 is 34.8 Å². The van der Waals surface area contributed by atoms with Crippen LogP contribution in [0.15, 0.2) is 107 Å². The summed E-state index contributed by atoms with van der Waals surface area (Å²) in [5.74, 6) is -2.67. The van der Waals surface area contributed by atoms with Gasteiger partial charge in [0, 0.05) is 34.0 Å². The molecule has 14 heteroatoms. The monoisotopic (exact) mass is 646 g/mol. The predicted molar refractivity (Wildman–Crippen MR) is 167 cm³/mol. The van der Waals surface area contributed by atoms with Gasteiger partial charge in [-0.1, -0.05) is 108 Å². The predicted octanol–water partition coefficient (Wildman–Crippen LogP) is 3.77. The number of carboxylic acids is 1. The summed E-state index contributed by atoms with van der Waals surface area (Å²) >= 11 is 8.20. The van der Waals surface area contributed by atoms with Crippen molar-refractivity contribution in [2.24, 2.45) is 5.16 Å². The molecular formula is C30H23ClN6O5S2. The fourth-order valence-electron chi connectivity index (χ4n) is 5.10. The quantitative estimate of drug-likeness (QED) is 0.106. The van der Waals surface area contributed by atoms with Crippen molar-refractivity contribution in [3.8, 4) is 0 Å². The lowest BCUT2D eigenvalue weighted by atomic mass is 9.80. The highest BCUT2D eigenvalue weighted by molar-refractivity contribution is 8.00. The minimum Gasteiger partial charge on any atom is -0.477 e. The van der Waals surface area contributed by atoms with Gasteiger partial charge in [0.25, 0.3) is 11.8 Å². The lowest BCUT2D eigenvalue weighted by molar-refractivity contribution is -0.150. The molecular weight excluding hydrogens is 624 g/mol. The molecule has 0 bridgehead atoms. The Balaban J connectivity index is 1.41. The van der Waals surface area contributed by atoms with Gasteiger partial charge in [-0.2, -0.15) is 9.36 Å². The van der Waals surface area contributed by atoms with Crippen LogP contribution in [0, 0.1) is 0 Å². The lowest BCUT2D eigenvalue weighted by Crippen LogP contribution is -2.71. The average Bonchev–Trinajstić information content (AvgIpc) is 3.48. The molecule has 2 atom stereocenters. The van der Waals surface area contributed by atoms with Crippen LogP contribution in [0.25, 0.3) is 0 Å². The second kappa shape index (κ2) is 12.1. The summed E-state index contributed by atoms with van der Waals surface area (Å²) in [5, 5.41) is 16.1. The first kappa shape index (κ1) is 29.4. The second-order valence-corrected chi connectivity index (χ2v) is 12.0. The highest BCUT2D eigenvalue weighted by Gasteiger charge is 2.54. The van der Waals surface area contributed by atoms with Crippen molar-refractivity contribution in [1.82, 2.24) is 19.6 Å². The van der Waals surface area contributed by atoms with Gasteiger partial charge in [-0.05, 0) is 0 Å². The van der Waals surface area contributed by atoms with Gasteiger partial charge in [0.1, 0.15) is 17.1 Å². The van der Waals surface area contributed by atoms with E-state index in [9.17, 15) is 19.5 Å². The molecule has 3 aromatic carbocycles. The van der Waals surface area contributed by atoms with Crippen molar-refractivity contribution in [3.05, 3.63) is 124 Å². The number of nitrogens with one attached hydrogen (secondary N) is 1. The first-order valence-electron chi connectivity index (χ1n) is 13.2. The number of aliphatic carboxylic acids is 1. The zero-order valence-electron chi connectivity index (χ0n) is 22.7. The molecule has 2 aliphatic heterocycles. The highest BCUT2D eigenvalue weighted by atomic mass is 35.5. The molecule has 1 aromatic heterocycles. The van der Waals surface area contributed by atoms with Gasteiger partial charge in [0.05, 0.1) is 5.03 Å². The minimum absolute atomic E-state index is 0.0498. The number of carbonyl (C=O) groups excluding carboxylic acids is 2. The van der Waals surface area contributed by atoms with Gasteiger partial charge in [0.2, 0.25) is 17.1 Å². The molecule has 0 radical (unpaired) electrons. The molecule has 2 amide bonds. The Morgan fingerprint density at radius 3 is 2.02 bits per heavy atom. The number of halogens is 1. The first-order chi connectivity index (χ1) is 21.3. The first-order valence-corrected chi connectivity index (χ1v) is 15.4. The summed E-state index contributed by atoms with van der Waals surface area (Å²) in [5.41, 5.74) is 6.14. The zero-order chi connectivity index (χ0) is 30.8. The number of hydrogen-bond donors (Lipinski definition) is 3. The number of carbonyl (C=O) groups is 3. The van der Waals surface area contributed by atoms with Crippen LogP contribution in [0.1, 0.15) is 22.5 Å². The summed E-state index contributed by atoms with van der Waals surface area (Å²) in [7, 11) is 0. The van der Waals surface area contributed by atoms with E-state index in [0.29, 0.717) is 0 Å². The number of nitrogens with two attached hydrogens (primary N) is 1. The maximum Gasteiger partial charge on any atom is 0.353 e. The maximum absolute atomic E-state index is 13.8. The van der Waals surface area contributed by atoms with Gasteiger partial charge < -0.3 is 21.0 Å². The second-order valence-electron chi connectivity index (χ2n) is 9.69. The summed E-state index contributed by atoms with van der Waals surface area (Å²) in [6.07, 6.45) is 0. The Bertz CT molecular complexity index is 1690. The molecule has 4 N–H and O–H groups in total. The molecule has 0 spiro atoms. The number of nitrogen functional groups attached to an aromatic ring is 1. The number of hydrogen-bond acceptors (Lipinski definition) is 10. The summed E-state index contributed by atoms with van der Waals surface area (Å²) in [4.78, 5) is 50.3. The van der Waals surface area contributed by atoms with Gasteiger partial charge in [0.15, 0.2) is 5.13 Å². The van der Waals surface area contributed by atoms with Gasteiger partial charge in [-0.3, -0.25) is 14.5 Å². The molecule has 11 nitrogen and oxygen atoms in total. The average molecular weight is 647 g/mol. The van der Waals surface area contributed by atoms with E-state index in [1.165, 1.54) is 11.8 Å². The van der Waals surface area contributed by atoms with Crippen LogP contribution in [0.4, 0.5) is 5.13 Å². The van der Waals surface area contributed by atoms with Crippen molar-refractivity contribution >= 4 is 63.5 Å². The fourth-order valence-corrected chi connectivity index (χ4v) is 7.08. The number of amides is 2. The number of benzene rings is 3. The number of rotatable bonds is 9. The third-order valence-electron chi connectivity index (χ3n) is 7.09. The van der Waals surface area contributed by atoms with Crippen LogP contribution < -0.4 is 11.1 Å². The Morgan fingerprint density at radius 2 is 1.55 bits per heavy atom. The standard InChI is InChI=1S/C30H23ClN6O5S2/c31-20-16-43-27-22(26(39)37(27)23(20)28(40)41)33-25(38)21(24-34-29(32)44-36-24)35-42-30(17-10-4-1-5-11-17,18-12-6-2-7-13-18)19-14-8-3-9-15-19/h1-15,22,27H,16H2,(H,33,38)(H,40,41)(H2,32,34,36)/b35-21-/t22-,27-/m1/s1. The largest absolute Gasteiger partial charge is 0.477 e. The number of oxime groups is 1. The normalized spacial score (nSPS) is 18.3. The number of anilines is 1. The van der Waals surface area contributed by atoms with Crippen molar-refractivity contribution in [3.63, 3.8) is 0 Å². The van der Waals surface area contributed by atoms with Crippen LogP contribution in [0.2, 0.25) is 0 Å². The van der Waals surface area contributed by atoms with E-state index in [0.717, 1.165) is 33.1 Å². The van der Waals surface area contributed by atoms with Crippen LogP contribution in [0.5, 0.6) is 0 Å². The molecule has 0 aliphatic carbocycles. The lowest BCUT2D eigenvalue weighted by Gasteiger charge is -2.48. The number of aromatic nitrogens is 2. The van der Waals surface area contributed by atoms with Crippen molar-refractivity contribution in [2.75, 3.05) is 11.5 Å². The van der Waals surface area contributed by atoms with Gasteiger partial charge >= 0.3 is 5.97 Å². The molecule has 3 heterocycles. The van der Waals surface area contributed by atoms with E-state index in [1.54, 1.807) is 0 Å². The molecule has 1 fully saturated rings. The third kappa shape index (κ3) is 5.19. The minimum atomic E-state index is -1.32. The van der Waals surface area contributed by atoms with E-state index in [1.807, 2.05) is 91.0 Å². The summed E-state index contributed by atoms with van der Waals surface area (Å²) in [6.45, 7) is 0. The SMILES string of the molecule is Nc1nc(/C(=N/OC(c2ccccc2)(c2ccccc2)c2ccccc2)C(=O)N[C@@H]2C(=O)N3C(C(=O)O)=C(Cl)CS[C@H]23)ns1. The molecule has 4 aromatic rings. The van der Waals surface area contributed by atoms with E-state index in [2.05, 4.69) is 19.8 Å². The van der Waals surface area contributed by atoms with Crippen LogP contribution >= 0.6 is 34.9 Å². The summed E-state index contributed by atoms with van der Waals surface area (Å²) < 4.78 is 4.18. The van der Waals surface area contributed by atoms with Crippen molar-refractivity contribution in [2.45, 2.75) is 17.0 Å². The number of thioether (sulfide) groups is 1. The molecule has 0 unspecified atom stereocenters. The smallest absolute Gasteiger partial charge is 0.353 e. The molecule has 0 saturated carbocycles. The van der Waals surface area contributed by atoms with Crippen molar-refractivity contribution in [1.29, 1.82) is 0 Å².